The van der Waals surface area contributed by atoms with Crippen molar-refractivity contribution in [3.8, 4) is 11.5 Å². The van der Waals surface area contributed by atoms with E-state index in [1.165, 1.54) is 31.4 Å². The Morgan fingerprint density at radius 3 is 2.61 bits per heavy atom. The smallest absolute Gasteiger partial charge is 0.244 e. The van der Waals surface area contributed by atoms with E-state index in [2.05, 4.69) is 45.3 Å². The molecule has 2 heterocycles. The van der Waals surface area contributed by atoms with Crippen molar-refractivity contribution in [2.75, 3.05) is 27.3 Å². The molecule has 1 aliphatic rings. The zero-order valence-electron chi connectivity index (χ0n) is 17.6. The Hall–Kier alpha value is -2.39. The summed E-state index contributed by atoms with van der Waals surface area (Å²) in [5.41, 5.74) is 3.79. The first-order valence-corrected chi connectivity index (χ1v) is 12.5. The van der Waals surface area contributed by atoms with Gasteiger partial charge in [-0.25, -0.2) is 13.1 Å². The zero-order chi connectivity index (χ0) is 21.8. The molecule has 2 aromatic carbocycles. The summed E-state index contributed by atoms with van der Waals surface area (Å²) in [7, 11) is -0.784. The molecule has 0 fully saturated rings. The Labute approximate surface area is 187 Å². The topological polar surface area (TPSA) is 67.9 Å². The minimum Gasteiger partial charge on any atom is -0.497 e. The summed E-state index contributed by atoms with van der Waals surface area (Å²) in [5, 5.41) is 4.12. The first-order chi connectivity index (χ1) is 15.0. The van der Waals surface area contributed by atoms with E-state index in [9.17, 15) is 8.42 Å². The summed E-state index contributed by atoms with van der Waals surface area (Å²) in [6.07, 6.45) is 0.954. The maximum atomic E-state index is 13.1. The van der Waals surface area contributed by atoms with Crippen molar-refractivity contribution in [2.45, 2.75) is 23.9 Å². The van der Waals surface area contributed by atoms with Crippen molar-refractivity contribution in [2.24, 2.45) is 0 Å². The van der Waals surface area contributed by atoms with Gasteiger partial charge in [-0.05, 0) is 52.1 Å². The standard InChI is InChI=1S/C23H26N2O4S2/c1-28-20-7-8-23(22(13-20)29-2)31(26,27)24-14-21(19-10-12-30-16-19)25-11-9-17-5-3-4-6-18(17)15-25/h3-8,10,12-13,16,21,24H,9,11,14-15H2,1-2H3/t21-/m0/s1. The van der Waals surface area contributed by atoms with Crippen molar-refractivity contribution in [1.29, 1.82) is 0 Å². The molecular formula is C23H26N2O4S2. The van der Waals surface area contributed by atoms with Crippen LogP contribution in [-0.2, 0) is 23.0 Å². The Kier molecular flexibility index (Phi) is 6.62. The van der Waals surface area contributed by atoms with E-state index in [0.29, 0.717) is 5.75 Å². The first-order valence-electron chi connectivity index (χ1n) is 10.1. The molecule has 0 bridgehead atoms. The predicted molar refractivity (Wildman–Crippen MR) is 122 cm³/mol. The number of thiophene rings is 1. The number of fused-ring (bicyclic) bond motifs is 1. The number of benzene rings is 2. The highest BCUT2D eigenvalue weighted by Gasteiger charge is 2.28. The normalized spacial score (nSPS) is 15.3. The molecule has 4 rings (SSSR count). The monoisotopic (exact) mass is 458 g/mol. The second kappa shape index (κ2) is 9.40. The second-order valence-corrected chi connectivity index (χ2v) is 9.95. The Balaban J connectivity index is 1.56. The van der Waals surface area contributed by atoms with Gasteiger partial charge in [0.1, 0.15) is 16.4 Å². The van der Waals surface area contributed by atoms with Gasteiger partial charge in [-0.1, -0.05) is 24.3 Å². The fourth-order valence-electron chi connectivity index (χ4n) is 3.97. The lowest BCUT2D eigenvalue weighted by atomic mass is 9.97. The lowest BCUT2D eigenvalue weighted by molar-refractivity contribution is 0.180. The fraction of sp³-hybridized carbons (Fsp3) is 0.304. The van der Waals surface area contributed by atoms with Crippen molar-refractivity contribution in [3.63, 3.8) is 0 Å². The number of hydrogen-bond acceptors (Lipinski definition) is 6. The first kappa shape index (κ1) is 21.8. The molecule has 0 radical (unpaired) electrons. The summed E-state index contributed by atoms with van der Waals surface area (Å²) in [5.74, 6) is 0.796. The molecule has 0 unspecified atom stereocenters. The maximum Gasteiger partial charge on any atom is 0.244 e. The minimum atomic E-state index is -3.77. The van der Waals surface area contributed by atoms with Crippen LogP contribution in [0.1, 0.15) is 22.7 Å². The van der Waals surface area contributed by atoms with Crippen LogP contribution in [-0.4, -0.2) is 40.6 Å². The summed E-state index contributed by atoms with van der Waals surface area (Å²) in [4.78, 5) is 2.45. The van der Waals surface area contributed by atoms with Crippen LogP contribution in [0.2, 0.25) is 0 Å². The molecule has 3 aromatic rings. The fourth-order valence-corrected chi connectivity index (χ4v) is 5.86. The SMILES string of the molecule is COc1ccc(S(=O)(=O)NC[C@@H](c2ccsc2)N2CCc3ccccc3C2)c(OC)c1. The molecule has 31 heavy (non-hydrogen) atoms. The third kappa shape index (κ3) is 4.77. The summed E-state index contributed by atoms with van der Waals surface area (Å²) in [6.45, 7) is 1.95. The molecular weight excluding hydrogens is 432 g/mol. The van der Waals surface area contributed by atoms with Crippen LogP contribution < -0.4 is 14.2 Å². The van der Waals surface area contributed by atoms with Gasteiger partial charge in [0, 0.05) is 31.7 Å². The molecule has 1 aromatic heterocycles. The molecule has 0 amide bonds. The highest BCUT2D eigenvalue weighted by molar-refractivity contribution is 7.89. The van der Waals surface area contributed by atoms with E-state index >= 15 is 0 Å². The van der Waals surface area contributed by atoms with Gasteiger partial charge in [-0.2, -0.15) is 11.3 Å². The van der Waals surface area contributed by atoms with Gasteiger partial charge in [0.05, 0.1) is 14.2 Å². The number of nitrogens with one attached hydrogen (secondary N) is 1. The third-order valence-electron chi connectivity index (χ3n) is 5.66. The molecule has 0 aliphatic carbocycles. The largest absolute Gasteiger partial charge is 0.497 e. The van der Waals surface area contributed by atoms with Crippen LogP contribution in [0.3, 0.4) is 0 Å². The van der Waals surface area contributed by atoms with E-state index < -0.39 is 10.0 Å². The van der Waals surface area contributed by atoms with Gasteiger partial charge in [0.2, 0.25) is 10.0 Å². The molecule has 1 aliphatic heterocycles. The van der Waals surface area contributed by atoms with E-state index in [-0.39, 0.29) is 23.2 Å². The number of methoxy groups -OCH3 is 2. The molecule has 0 saturated carbocycles. The quantitative estimate of drug-likeness (QED) is 0.556. The zero-order valence-corrected chi connectivity index (χ0v) is 19.2. The van der Waals surface area contributed by atoms with Crippen LogP contribution in [0.4, 0.5) is 0 Å². The Morgan fingerprint density at radius 2 is 1.90 bits per heavy atom. The van der Waals surface area contributed by atoms with Gasteiger partial charge < -0.3 is 9.47 Å². The molecule has 164 valence electrons. The van der Waals surface area contributed by atoms with E-state index in [4.69, 9.17) is 9.47 Å². The Bertz CT molecular complexity index is 1130. The van der Waals surface area contributed by atoms with E-state index in [0.717, 1.165) is 25.1 Å². The average Bonchev–Trinajstić information content (AvgIpc) is 3.33. The highest BCUT2D eigenvalue weighted by atomic mass is 32.2. The molecule has 0 spiro atoms. The summed E-state index contributed by atoms with van der Waals surface area (Å²) in [6, 6.07) is 15.2. The third-order valence-corrected chi connectivity index (χ3v) is 7.82. The average molecular weight is 459 g/mol. The van der Waals surface area contributed by atoms with Crippen molar-refractivity contribution in [3.05, 3.63) is 76.0 Å². The number of sulfonamides is 1. The molecule has 6 nitrogen and oxygen atoms in total. The number of hydrogen-bond donors (Lipinski definition) is 1. The van der Waals surface area contributed by atoms with Crippen LogP contribution in [0, 0.1) is 0 Å². The predicted octanol–water partition coefficient (Wildman–Crippen LogP) is 3.84. The second-order valence-electron chi connectivity index (χ2n) is 7.43. The maximum absolute atomic E-state index is 13.1. The lowest BCUT2D eigenvalue weighted by Gasteiger charge is -2.35. The van der Waals surface area contributed by atoms with Crippen LogP contribution in [0.5, 0.6) is 11.5 Å². The van der Waals surface area contributed by atoms with Crippen LogP contribution in [0.15, 0.2) is 64.2 Å². The number of ether oxygens (including phenoxy) is 2. The van der Waals surface area contributed by atoms with Gasteiger partial charge in [0.15, 0.2) is 0 Å². The molecule has 1 N–H and O–H groups in total. The van der Waals surface area contributed by atoms with Crippen LogP contribution >= 0.6 is 11.3 Å². The van der Waals surface area contributed by atoms with Crippen molar-refractivity contribution >= 4 is 21.4 Å². The van der Waals surface area contributed by atoms with Gasteiger partial charge in [0.25, 0.3) is 0 Å². The van der Waals surface area contributed by atoms with E-state index in [1.54, 1.807) is 23.5 Å². The minimum absolute atomic E-state index is 0.0568. The number of nitrogens with zero attached hydrogens (tertiary/aromatic N) is 1. The van der Waals surface area contributed by atoms with Gasteiger partial charge in [-0.3, -0.25) is 4.90 Å². The highest BCUT2D eigenvalue weighted by Crippen LogP contribution is 2.31. The molecule has 0 saturated heterocycles. The Morgan fingerprint density at radius 1 is 1.10 bits per heavy atom. The van der Waals surface area contributed by atoms with Crippen LogP contribution in [0.25, 0.3) is 0 Å². The van der Waals surface area contributed by atoms with Gasteiger partial charge >= 0.3 is 0 Å². The van der Waals surface area contributed by atoms with Gasteiger partial charge in [-0.15, -0.1) is 0 Å². The molecule has 1 atom stereocenters. The molecule has 8 heteroatoms. The van der Waals surface area contributed by atoms with E-state index in [1.807, 2.05) is 5.38 Å². The lowest BCUT2D eigenvalue weighted by Crippen LogP contribution is -2.40. The summed E-state index contributed by atoms with van der Waals surface area (Å²) < 4.78 is 39.5. The number of rotatable bonds is 8. The van der Waals surface area contributed by atoms with Crippen molar-refractivity contribution < 1.29 is 17.9 Å². The van der Waals surface area contributed by atoms with Crippen molar-refractivity contribution in [1.82, 2.24) is 9.62 Å². The summed E-state index contributed by atoms with van der Waals surface area (Å²) >= 11 is 1.62.